The standard InChI is InChI=1S/C13H15NO2/c1-8(15)13-11-5-3-4-10(11)6-7-12(13)14-9(2)16/h6-7H,3-5H2,1-2H3,(H,14,16). The van der Waals surface area contributed by atoms with Crippen LogP contribution in [-0.2, 0) is 17.6 Å². The number of nitrogens with one attached hydrogen (secondary N) is 1. The second-order valence-electron chi connectivity index (χ2n) is 4.22. The van der Waals surface area contributed by atoms with Crippen LogP contribution in [0.25, 0.3) is 0 Å². The van der Waals surface area contributed by atoms with E-state index in [1.165, 1.54) is 12.5 Å². The predicted molar refractivity (Wildman–Crippen MR) is 62.8 cm³/mol. The fourth-order valence-corrected chi connectivity index (χ4v) is 2.36. The quantitative estimate of drug-likeness (QED) is 0.773. The third kappa shape index (κ3) is 1.85. The van der Waals surface area contributed by atoms with E-state index in [9.17, 15) is 9.59 Å². The van der Waals surface area contributed by atoms with Crippen molar-refractivity contribution >= 4 is 17.4 Å². The molecule has 0 heterocycles. The first-order chi connectivity index (χ1) is 7.59. The van der Waals surface area contributed by atoms with Gasteiger partial charge in [-0.1, -0.05) is 6.07 Å². The van der Waals surface area contributed by atoms with Gasteiger partial charge in [0.05, 0.1) is 5.69 Å². The molecule has 1 aliphatic rings. The zero-order valence-electron chi connectivity index (χ0n) is 9.59. The molecule has 0 spiro atoms. The smallest absolute Gasteiger partial charge is 0.221 e. The molecule has 3 heteroatoms. The molecule has 1 N–H and O–H groups in total. The number of amides is 1. The van der Waals surface area contributed by atoms with Crippen LogP contribution in [0, 0.1) is 0 Å². The molecular weight excluding hydrogens is 202 g/mol. The number of rotatable bonds is 2. The minimum Gasteiger partial charge on any atom is -0.326 e. The lowest BCUT2D eigenvalue weighted by Gasteiger charge is -2.12. The Morgan fingerprint density at radius 1 is 1.19 bits per heavy atom. The van der Waals surface area contributed by atoms with Gasteiger partial charge in [0, 0.05) is 12.5 Å². The van der Waals surface area contributed by atoms with Crippen LogP contribution in [0.5, 0.6) is 0 Å². The molecule has 1 aromatic carbocycles. The van der Waals surface area contributed by atoms with Crippen LogP contribution in [-0.4, -0.2) is 11.7 Å². The van der Waals surface area contributed by atoms with E-state index < -0.39 is 0 Å². The Kier molecular flexibility index (Phi) is 2.77. The predicted octanol–water partition coefficient (Wildman–Crippen LogP) is 2.34. The normalized spacial score (nSPS) is 13.4. The number of carbonyl (C=O) groups is 2. The molecule has 2 rings (SSSR count). The van der Waals surface area contributed by atoms with E-state index in [1.54, 1.807) is 6.92 Å². The molecule has 0 bridgehead atoms. The highest BCUT2D eigenvalue weighted by Gasteiger charge is 2.20. The van der Waals surface area contributed by atoms with Crippen LogP contribution >= 0.6 is 0 Å². The summed E-state index contributed by atoms with van der Waals surface area (Å²) < 4.78 is 0. The fourth-order valence-electron chi connectivity index (χ4n) is 2.36. The summed E-state index contributed by atoms with van der Waals surface area (Å²) in [6.45, 7) is 3.01. The van der Waals surface area contributed by atoms with E-state index in [0.717, 1.165) is 24.8 Å². The van der Waals surface area contributed by atoms with Gasteiger partial charge in [-0.2, -0.15) is 0 Å². The zero-order valence-corrected chi connectivity index (χ0v) is 9.59. The van der Waals surface area contributed by atoms with Crippen LogP contribution in [0.15, 0.2) is 12.1 Å². The largest absolute Gasteiger partial charge is 0.326 e. The van der Waals surface area contributed by atoms with Crippen molar-refractivity contribution in [2.24, 2.45) is 0 Å². The maximum Gasteiger partial charge on any atom is 0.221 e. The Hall–Kier alpha value is -1.64. The molecule has 1 amide bonds. The topological polar surface area (TPSA) is 46.2 Å². The first kappa shape index (κ1) is 10.9. The van der Waals surface area contributed by atoms with E-state index in [2.05, 4.69) is 5.32 Å². The van der Waals surface area contributed by atoms with E-state index in [1.807, 2.05) is 12.1 Å². The summed E-state index contributed by atoms with van der Waals surface area (Å²) in [5, 5.41) is 2.72. The molecule has 0 radical (unpaired) electrons. The van der Waals surface area contributed by atoms with Gasteiger partial charge in [-0.05, 0) is 43.4 Å². The van der Waals surface area contributed by atoms with Crippen molar-refractivity contribution in [2.75, 3.05) is 5.32 Å². The number of ketones is 1. The van der Waals surface area contributed by atoms with Gasteiger partial charge < -0.3 is 5.32 Å². The van der Waals surface area contributed by atoms with Crippen LogP contribution in [0.2, 0.25) is 0 Å². The number of hydrogen-bond acceptors (Lipinski definition) is 2. The van der Waals surface area contributed by atoms with Gasteiger partial charge in [0.25, 0.3) is 0 Å². The monoisotopic (exact) mass is 217 g/mol. The highest BCUT2D eigenvalue weighted by atomic mass is 16.1. The Bertz CT molecular complexity index is 463. The van der Waals surface area contributed by atoms with Gasteiger partial charge >= 0.3 is 0 Å². The minimum absolute atomic E-state index is 0.0301. The van der Waals surface area contributed by atoms with Gasteiger partial charge in [0.1, 0.15) is 0 Å². The number of aryl methyl sites for hydroxylation is 1. The van der Waals surface area contributed by atoms with Crippen molar-refractivity contribution in [1.29, 1.82) is 0 Å². The third-order valence-corrected chi connectivity index (χ3v) is 2.95. The number of benzene rings is 1. The van der Waals surface area contributed by atoms with Crippen LogP contribution in [0.1, 0.15) is 41.8 Å². The molecule has 16 heavy (non-hydrogen) atoms. The molecule has 1 aromatic rings. The lowest BCUT2D eigenvalue weighted by molar-refractivity contribution is -0.114. The lowest BCUT2D eigenvalue weighted by Crippen LogP contribution is -2.12. The van der Waals surface area contributed by atoms with Gasteiger partial charge in [0.15, 0.2) is 5.78 Å². The molecule has 0 saturated heterocycles. The van der Waals surface area contributed by atoms with Gasteiger partial charge in [0.2, 0.25) is 5.91 Å². The minimum atomic E-state index is -0.138. The Morgan fingerprint density at radius 3 is 2.56 bits per heavy atom. The number of hydrogen-bond donors (Lipinski definition) is 1. The fraction of sp³-hybridized carbons (Fsp3) is 0.385. The van der Waals surface area contributed by atoms with E-state index in [0.29, 0.717) is 11.3 Å². The number of anilines is 1. The van der Waals surface area contributed by atoms with Gasteiger partial charge in [-0.25, -0.2) is 0 Å². The highest BCUT2D eigenvalue weighted by molar-refractivity contribution is 6.04. The molecule has 0 aromatic heterocycles. The second-order valence-corrected chi connectivity index (χ2v) is 4.22. The van der Waals surface area contributed by atoms with Crippen LogP contribution in [0.3, 0.4) is 0 Å². The molecule has 84 valence electrons. The van der Waals surface area contributed by atoms with Gasteiger partial charge in [-0.15, -0.1) is 0 Å². The summed E-state index contributed by atoms with van der Waals surface area (Å²) in [4.78, 5) is 22.7. The van der Waals surface area contributed by atoms with Crippen molar-refractivity contribution in [3.8, 4) is 0 Å². The van der Waals surface area contributed by atoms with Gasteiger partial charge in [-0.3, -0.25) is 9.59 Å². The van der Waals surface area contributed by atoms with Crippen molar-refractivity contribution in [1.82, 2.24) is 0 Å². The average molecular weight is 217 g/mol. The Morgan fingerprint density at radius 2 is 1.94 bits per heavy atom. The summed E-state index contributed by atoms with van der Waals surface area (Å²) in [5.41, 5.74) is 3.73. The van der Waals surface area contributed by atoms with E-state index in [-0.39, 0.29) is 11.7 Å². The second kappa shape index (κ2) is 4.08. The number of fused-ring (bicyclic) bond motifs is 1. The van der Waals surface area contributed by atoms with Crippen molar-refractivity contribution < 1.29 is 9.59 Å². The summed E-state index contributed by atoms with van der Waals surface area (Å²) >= 11 is 0. The molecule has 0 saturated carbocycles. The molecule has 0 atom stereocenters. The van der Waals surface area contributed by atoms with Crippen LogP contribution < -0.4 is 5.32 Å². The molecule has 0 aliphatic heterocycles. The molecule has 1 aliphatic carbocycles. The maximum absolute atomic E-state index is 11.7. The molecule has 0 fully saturated rings. The van der Waals surface area contributed by atoms with E-state index in [4.69, 9.17) is 0 Å². The summed E-state index contributed by atoms with van der Waals surface area (Å²) in [7, 11) is 0. The van der Waals surface area contributed by atoms with Crippen molar-refractivity contribution in [2.45, 2.75) is 33.1 Å². The highest BCUT2D eigenvalue weighted by Crippen LogP contribution is 2.30. The summed E-state index contributed by atoms with van der Waals surface area (Å²) in [6, 6.07) is 3.85. The van der Waals surface area contributed by atoms with Crippen molar-refractivity contribution in [3.63, 3.8) is 0 Å². The maximum atomic E-state index is 11.7. The summed E-state index contributed by atoms with van der Waals surface area (Å²) in [5.74, 6) is -0.108. The van der Waals surface area contributed by atoms with E-state index >= 15 is 0 Å². The molecule has 0 unspecified atom stereocenters. The summed E-state index contributed by atoms with van der Waals surface area (Å²) in [6.07, 6.45) is 3.08. The first-order valence-corrected chi connectivity index (χ1v) is 5.53. The number of carbonyl (C=O) groups excluding carboxylic acids is 2. The molecule has 3 nitrogen and oxygen atoms in total. The third-order valence-electron chi connectivity index (χ3n) is 2.95. The van der Waals surface area contributed by atoms with Crippen molar-refractivity contribution in [3.05, 3.63) is 28.8 Å². The lowest BCUT2D eigenvalue weighted by atomic mass is 9.98. The first-order valence-electron chi connectivity index (χ1n) is 5.53. The Labute approximate surface area is 94.9 Å². The van der Waals surface area contributed by atoms with Crippen LogP contribution in [0.4, 0.5) is 5.69 Å². The Balaban J connectivity index is 2.53. The molecular formula is C13H15NO2. The number of Topliss-reactive ketones (excluding diaryl/α,β-unsaturated/α-hetero) is 1. The zero-order chi connectivity index (χ0) is 11.7. The SMILES string of the molecule is CC(=O)Nc1ccc2c(c1C(C)=O)CCC2. The average Bonchev–Trinajstić information content (AvgIpc) is 2.63.